The van der Waals surface area contributed by atoms with Gasteiger partial charge in [-0.2, -0.15) is 5.10 Å². The molecular formula is C26H26Cl2F2N6O2. The number of aliphatic hydroxyl groups is 1. The maximum atomic E-state index is 15.7. The van der Waals surface area contributed by atoms with Crippen LogP contribution in [0.25, 0.3) is 22.2 Å². The second-order valence-corrected chi connectivity index (χ2v) is 10.6. The van der Waals surface area contributed by atoms with E-state index >= 15 is 8.78 Å². The van der Waals surface area contributed by atoms with Gasteiger partial charge in [0, 0.05) is 49.4 Å². The molecule has 1 saturated heterocycles. The van der Waals surface area contributed by atoms with Crippen LogP contribution in [0.4, 0.5) is 14.6 Å². The second kappa shape index (κ2) is 10.3. The first kappa shape index (κ1) is 26.6. The third-order valence-electron chi connectivity index (χ3n) is 6.53. The van der Waals surface area contributed by atoms with Gasteiger partial charge in [0.05, 0.1) is 32.6 Å². The van der Waals surface area contributed by atoms with E-state index < -0.39 is 23.8 Å². The first-order chi connectivity index (χ1) is 18.1. The highest BCUT2D eigenvalue weighted by atomic mass is 35.5. The lowest BCUT2D eigenvalue weighted by Gasteiger charge is -2.49. The van der Waals surface area contributed by atoms with Crippen LogP contribution in [-0.2, 0) is 0 Å². The number of H-pyrrole nitrogens is 1. The van der Waals surface area contributed by atoms with Gasteiger partial charge in [-0.25, -0.2) is 13.8 Å². The van der Waals surface area contributed by atoms with Crippen molar-refractivity contribution in [1.29, 1.82) is 0 Å². The molecule has 3 aromatic heterocycles. The Kier molecular flexibility index (Phi) is 7.17. The van der Waals surface area contributed by atoms with Gasteiger partial charge in [-0.15, -0.1) is 0 Å². The Bertz CT molecular complexity index is 1470. The Hall–Kier alpha value is -3.05. The van der Waals surface area contributed by atoms with Crippen LogP contribution in [0.3, 0.4) is 0 Å². The molecule has 1 aliphatic rings. The molecule has 4 heterocycles. The molecule has 0 spiro atoms. The number of nitrogens with zero attached hydrogens (tertiary/aromatic N) is 4. The molecule has 0 bridgehead atoms. The number of aliphatic hydroxyl groups excluding tert-OH is 1. The van der Waals surface area contributed by atoms with Crippen molar-refractivity contribution in [2.24, 2.45) is 0 Å². The number of rotatable bonds is 8. The van der Waals surface area contributed by atoms with Gasteiger partial charge in [-0.05, 0) is 39.0 Å². The molecule has 0 amide bonds. The van der Waals surface area contributed by atoms with Crippen LogP contribution in [-0.4, -0.2) is 56.5 Å². The minimum Gasteiger partial charge on any atom is -0.483 e. The Labute approximate surface area is 227 Å². The maximum Gasteiger partial charge on any atom is 0.176 e. The van der Waals surface area contributed by atoms with E-state index in [1.54, 1.807) is 24.8 Å². The largest absolute Gasteiger partial charge is 0.483 e. The van der Waals surface area contributed by atoms with Crippen molar-refractivity contribution in [3.05, 3.63) is 64.0 Å². The monoisotopic (exact) mass is 562 g/mol. The SMILES string of the molecule is C[C@H](O)CNC1(C)CN(c2ncc(-c3n[nH]c4ccc(O[C@H](C)c5c(Cl)cncc5Cl)c(F)c34)cc2F)C1. The van der Waals surface area contributed by atoms with Gasteiger partial charge in [-0.1, -0.05) is 23.2 Å². The molecule has 5 rings (SSSR count). The number of aromatic nitrogens is 4. The first-order valence-electron chi connectivity index (χ1n) is 12.0. The van der Waals surface area contributed by atoms with Crippen LogP contribution < -0.4 is 15.0 Å². The molecule has 200 valence electrons. The van der Waals surface area contributed by atoms with E-state index in [2.05, 4.69) is 25.5 Å². The smallest absolute Gasteiger partial charge is 0.176 e. The van der Waals surface area contributed by atoms with E-state index in [9.17, 15) is 5.11 Å². The Morgan fingerprint density at radius 1 is 1.18 bits per heavy atom. The van der Waals surface area contributed by atoms with Crippen molar-refractivity contribution in [2.75, 3.05) is 24.5 Å². The Morgan fingerprint density at radius 3 is 2.55 bits per heavy atom. The van der Waals surface area contributed by atoms with Crippen LogP contribution >= 0.6 is 23.2 Å². The lowest BCUT2D eigenvalue weighted by Crippen LogP contribution is -2.68. The fourth-order valence-corrected chi connectivity index (χ4v) is 5.33. The van der Waals surface area contributed by atoms with Gasteiger partial charge in [0.25, 0.3) is 0 Å². The molecule has 1 fully saturated rings. The van der Waals surface area contributed by atoms with Crippen LogP contribution in [0.1, 0.15) is 32.4 Å². The van der Waals surface area contributed by atoms with E-state index in [0.717, 1.165) is 0 Å². The summed E-state index contributed by atoms with van der Waals surface area (Å²) in [5, 5.41) is 20.6. The highest BCUT2D eigenvalue weighted by molar-refractivity contribution is 6.35. The van der Waals surface area contributed by atoms with Crippen molar-refractivity contribution in [2.45, 2.75) is 38.5 Å². The van der Waals surface area contributed by atoms with Gasteiger partial charge in [0.1, 0.15) is 11.8 Å². The number of pyridine rings is 2. The summed E-state index contributed by atoms with van der Waals surface area (Å²) in [6.45, 7) is 6.93. The number of fused-ring (bicyclic) bond motifs is 1. The molecule has 3 N–H and O–H groups in total. The zero-order valence-electron chi connectivity index (χ0n) is 20.9. The standard InChI is InChI=1S/C26H26Cl2F2N6O2/c1-13(37)7-33-26(3)11-36(12-26)25-18(29)6-15(8-32-25)24-22-19(34-35-24)4-5-20(23(22)30)38-14(2)21-16(27)9-31-10-17(21)28/h4-6,8-10,13-14,33,37H,7,11-12H2,1-3H3,(H,34,35)/t13-,14+/m0/s1. The zero-order chi connectivity index (χ0) is 27.2. The second-order valence-electron chi connectivity index (χ2n) is 9.83. The van der Waals surface area contributed by atoms with E-state index in [0.29, 0.717) is 46.3 Å². The number of anilines is 1. The number of β-amino-alcohol motifs (C(OH)–C–C–N with tert-alkyl or cyclic N) is 1. The normalized spacial score (nSPS) is 16.4. The van der Waals surface area contributed by atoms with E-state index in [4.69, 9.17) is 27.9 Å². The van der Waals surface area contributed by atoms with Gasteiger partial charge >= 0.3 is 0 Å². The predicted molar refractivity (Wildman–Crippen MR) is 143 cm³/mol. The molecule has 8 nitrogen and oxygen atoms in total. The molecule has 0 saturated carbocycles. The maximum absolute atomic E-state index is 15.7. The highest BCUT2D eigenvalue weighted by Crippen LogP contribution is 2.38. The van der Waals surface area contributed by atoms with E-state index in [-0.39, 0.29) is 28.2 Å². The number of nitrogens with one attached hydrogen (secondary N) is 2. The fraction of sp³-hybridized carbons (Fsp3) is 0.346. The lowest BCUT2D eigenvalue weighted by atomic mass is 9.92. The topological polar surface area (TPSA) is 99.2 Å². The molecule has 1 aliphatic heterocycles. The van der Waals surface area contributed by atoms with Crippen molar-refractivity contribution in [3.63, 3.8) is 0 Å². The quantitative estimate of drug-likeness (QED) is 0.268. The van der Waals surface area contributed by atoms with Crippen LogP contribution in [0.5, 0.6) is 5.75 Å². The molecule has 38 heavy (non-hydrogen) atoms. The van der Waals surface area contributed by atoms with Crippen LogP contribution in [0.2, 0.25) is 10.0 Å². The predicted octanol–water partition coefficient (Wildman–Crippen LogP) is 5.29. The summed E-state index contributed by atoms with van der Waals surface area (Å²) in [6, 6.07) is 4.41. The molecule has 2 atom stereocenters. The zero-order valence-corrected chi connectivity index (χ0v) is 22.4. The number of hydrogen-bond donors (Lipinski definition) is 3. The molecule has 0 unspecified atom stereocenters. The number of aromatic amines is 1. The van der Waals surface area contributed by atoms with Crippen LogP contribution in [0, 0.1) is 11.6 Å². The summed E-state index contributed by atoms with van der Waals surface area (Å²) in [5.41, 5.74) is 1.19. The van der Waals surface area contributed by atoms with E-state index in [1.165, 1.54) is 30.7 Å². The molecular weight excluding hydrogens is 537 g/mol. The number of hydrogen-bond acceptors (Lipinski definition) is 7. The molecule has 0 aliphatic carbocycles. The van der Waals surface area contributed by atoms with Crippen LogP contribution in [0.15, 0.2) is 36.8 Å². The van der Waals surface area contributed by atoms with Crippen molar-refractivity contribution >= 4 is 39.9 Å². The Balaban J connectivity index is 1.40. The first-order valence-corrected chi connectivity index (χ1v) is 12.8. The third-order valence-corrected chi connectivity index (χ3v) is 7.13. The fourth-order valence-electron chi connectivity index (χ4n) is 4.66. The highest BCUT2D eigenvalue weighted by Gasteiger charge is 2.40. The van der Waals surface area contributed by atoms with E-state index in [1.807, 2.05) is 6.92 Å². The van der Waals surface area contributed by atoms with Crippen molar-refractivity contribution in [3.8, 4) is 17.0 Å². The average Bonchev–Trinajstić information content (AvgIpc) is 3.28. The van der Waals surface area contributed by atoms with Gasteiger partial charge in [0.2, 0.25) is 0 Å². The third kappa shape index (κ3) is 5.01. The molecule has 4 aromatic rings. The summed E-state index contributed by atoms with van der Waals surface area (Å²) >= 11 is 12.5. The molecule has 1 aromatic carbocycles. The summed E-state index contributed by atoms with van der Waals surface area (Å²) in [5.74, 6) is -1.04. The number of benzene rings is 1. The van der Waals surface area contributed by atoms with Gasteiger partial charge < -0.3 is 20.1 Å². The minimum atomic E-state index is -0.670. The Morgan fingerprint density at radius 2 is 1.89 bits per heavy atom. The minimum absolute atomic E-state index is 0.0359. The lowest BCUT2D eigenvalue weighted by molar-refractivity contribution is 0.163. The summed E-state index contributed by atoms with van der Waals surface area (Å²) in [7, 11) is 0. The molecule has 12 heteroatoms. The van der Waals surface area contributed by atoms with Crippen molar-refractivity contribution < 1.29 is 18.6 Å². The molecule has 0 radical (unpaired) electrons. The van der Waals surface area contributed by atoms with Gasteiger partial charge in [-0.3, -0.25) is 10.1 Å². The summed E-state index contributed by atoms with van der Waals surface area (Å²) in [4.78, 5) is 10.0. The number of ether oxygens (including phenoxy) is 1. The number of halogens is 4. The average molecular weight is 563 g/mol. The van der Waals surface area contributed by atoms with Crippen molar-refractivity contribution in [1.82, 2.24) is 25.5 Å². The summed E-state index contributed by atoms with van der Waals surface area (Å²) in [6.07, 6.45) is 3.21. The summed E-state index contributed by atoms with van der Waals surface area (Å²) < 4.78 is 36.7. The van der Waals surface area contributed by atoms with Gasteiger partial charge in [0.15, 0.2) is 23.2 Å².